The molecular formula is C34H36FN9O2. The highest BCUT2D eigenvalue weighted by molar-refractivity contribution is 5.96. The minimum absolute atomic E-state index is 0.378. The van der Waals surface area contributed by atoms with Gasteiger partial charge < -0.3 is 20.1 Å². The number of unbranched alkanes of at least 4 members (excludes halogenated alkanes) is 1. The minimum Gasteiger partial charge on any atom is -0.492 e. The van der Waals surface area contributed by atoms with Crippen LogP contribution >= 0.6 is 0 Å². The summed E-state index contributed by atoms with van der Waals surface area (Å²) in [6, 6.07) is 10.4. The number of fused-ring (bicyclic) bond motifs is 2. The molecule has 7 rings (SSSR count). The van der Waals surface area contributed by atoms with Crippen molar-refractivity contribution in [2.45, 2.75) is 45.3 Å². The third-order valence-electron chi connectivity index (χ3n) is 8.31. The lowest BCUT2D eigenvalue weighted by atomic mass is 10.1. The van der Waals surface area contributed by atoms with E-state index in [0.29, 0.717) is 58.4 Å². The van der Waals surface area contributed by atoms with E-state index in [-0.39, 0.29) is 5.82 Å². The van der Waals surface area contributed by atoms with Gasteiger partial charge in [-0.3, -0.25) is 20.0 Å². The maximum atomic E-state index is 14.8. The summed E-state index contributed by atoms with van der Waals surface area (Å²) in [7, 11) is 0. The molecule has 0 aliphatic carbocycles. The molecule has 1 aromatic carbocycles. The van der Waals surface area contributed by atoms with Gasteiger partial charge in [-0.2, -0.15) is 5.10 Å². The first kappa shape index (κ1) is 29.8. The first-order valence-corrected chi connectivity index (χ1v) is 15.8. The van der Waals surface area contributed by atoms with Gasteiger partial charge in [0, 0.05) is 41.5 Å². The highest BCUT2D eigenvalue weighted by Crippen LogP contribution is 2.33. The molecule has 46 heavy (non-hydrogen) atoms. The number of likely N-dealkylation sites (tertiary alicyclic amines) is 1. The molecule has 0 saturated carbocycles. The van der Waals surface area contributed by atoms with Gasteiger partial charge in [0.2, 0.25) is 0 Å². The van der Waals surface area contributed by atoms with Crippen LogP contribution < -0.4 is 10.1 Å². The summed E-state index contributed by atoms with van der Waals surface area (Å²) < 4.78 is 20.7. The van der Waals surface area contributed by atoms with Crippen LogP contribution in [-0.2, 0) is 0 Å². The van der Waals surface area contributed by atoms with E-state index in [1.54, 1.807) is 24.8 Å². The van der Waals surface area contributed by atoms with Crippen molar-refractivity contribution in [3.63, 3.8) is 0 Å². The number of nitrogens with one attached hydrogen (secondary N) is 3. The maximum Gasteiger partial charge on any atom is 0.160 e. The number of aliphatic hydroxyl groups is 1. The van der Waals surface area contributed by atoms with Crippen LogP contribution in [-0.4, -0.2) is 77.6 Å². The maximum absolute atomic E-state index is 14.8. The van der Waals surface area contributed by atoms with E-state index in [4.69, 9.17) is 9.72 Å². The molecule has 12 heteroatoms. The van der Waals surface area contributed by atoms with Crippen LogP contribution in [0.15, 0.2) is 61.2 Å². The van der Waals surface area contributed by atoms with Gasteiger partial charge >= 0.3 is 0 Å². The average molecular weight is 622 g/mol. The van der Waals surface area contributed by atoms with E-state index >= 15 is 0 Å². The number of nitrogens with zero attached hydrogens (tertiary/aromatic N) is 6. The zero-order chi connectivity index (χ0) is 31.5. The van der Waals surface area contributed by atoms with Crippen molar-refractivity contribution in [2.24, 2.45) is 0 Å². The van der Waals surface area contributed by atoms with E-state index in [2.05, 4.69) is 47.3 Å². The number of rotatable bonds is 12. The Hall–Kier alpha value is -4.94. The number of benzene rings is 1. The molecule has 1 aliphatic heterocycles. The van der Waals surface area contributed by atoms with Gasteiger partial charge in [-0.1, -0.05) is 13.3 Å². The Kier molecular flexibility index (Phi) is 8.53. The fourth-order valence-corrected chi connectivity index (χ4v) is 5.93. The zero-order valence-corrected chi connectivity index (χ0v) is 25.6. The number of aromatic nitrogens is 7. The number of imidazole rings is 1. The van der Waals surface area contributed by atoms with Gasteiger partial charge in [-0.15, -0.1) is 0 Å². The van der Waals surface area contributed by atoms with Crippen molar-refractivity contribution < 1.29 is 14.2 Å². The smallest absolute Gasteiger partial charge is 0.160 e. The fraction of sp³-hybridized carbons (Fsp3) is 0.324. The lowest BCUT2D eigenvalue weighted by Gasteiger charge is -2.15. The Morgan fingerprint density at radius 2 is 1.96 bits per heavy atom. The van der Waals surface area contributed by atoms with Gasteiger partial charge in [0.25, 0.3) is 0 Å². The summed E-state index contributed by atoms with van der Waals surface area (Å²) in [4.78, 5) is 24.0. The quantitative estimate of drug-likeness (QED) is 0.118. The molecule has 5 aromatic heterocycles. The zero-order valence-electron chi connectivity index (χ0n) is 25.6. The number of H-pyrrole nitrogens is 2. The van der Waals surface area contributed by atoms with Crippen molar-refractivity contribution in [3.8, 4) is 39.7 Å². The molecule has 236 valence electrons. The average Bonchev–Trinajstić information content (AvgIpc) is 3.83. The molecular weight excluding hydrogens is 585 g/mol. The molecule has 4 N–H and O–H groups in total. The van der Waals surface area contributed by atoms with Crippen LogP contribution in [0.1, 0.15) is 39.0 Å². The lowest BCUT2D eigenvalue weighted by Crippen LogP contribution is -2.25. The number of aromatic amines is 2. The van der Waals surface area contributed by atoms with Crippen LogP contribution in [0.3, 0.4) is 0 Å². The Balaban J connectivity index is 1.17. The Morgan fingerprint density at radius 1 is 1.07 bits per heavy atom. The van der Waals surface area contributed by atoms with Crippen LogP contribution in [0.25, 0.3) is 56.0 Å². The predicted octanol–water partition coefficient (Wildman–Crippen LogP) is 6.16. The van der Waals surface area contributed by atoms with Crippen molar-refractivity contribution >= 4 is 27.8 Å². The normalized spacial score (nSPS) is 14.3. The second-order valence-corrected chi connectivity index (χ2v) is 11.7. The van der Waals surface area contributed by atoms with E-state index in [1.807, 2.05) is 24.3 Å². The molecule has 0 radical (unpaired) electrons. The molecule has 1 atom stereocenters. The summed E-state index contributed by atoms with van der Waals surface area (Å²) in [5.74, 6) is 0.624. The molecule has 1 fully saturated rings. The summed E-state index contributed by atoms with van der Waals surface area (Å²) in [6.45, 7) is 5.59. The summed E-state index contributed by atoms with van der Waals surface area (Å²) >= 11 is 0. The first-order valence-electron chi connectivity index (χ1n) is 15.8. The molecule has 1 unspecified atom stereocenters. The first-order chi connectivity index (χ1) is 22.5. The van der Waals surface area contributed by atoms with Gasteiger partial charge in [-0.05, 0) is 74.7 Å². The van der Waals surface area contributed by atoms with Crippen LogP contribution in [0.2, 0.25) is 0 Å². The van der Waals surface area contributed by atoms with Crippen molar-refractivity contribution in [1.29, 1.82) is 0 Å². The second-order valence-electron chi connectivity index (χ2n) is 11.7. The molecule has 0 spiro atoms. The number of ether oxygens (including phenoxy) is 1. The monoisotopic (exact) mass is 621 g/mol. The lowest BCUT2D eigenvalue weighted by molar-refractivity contribution is 0.190. The fourth-order valence-electron chi connectivity index (χ4n) is 5.93. The molecule has 1 aliphatic rings. The number of hydrogen-bond donors (Lipinski definition) is 4. The highest BCUT2D eigenvalue weighted by Gasteiger charge is 2.18. The van der Waals surface area contributed by atoms with E-state index in [1.165, 1.54) is 25.0 Å². The molecule has 0 amide bonds. The summed E-state index contributed by atoms with van der Waals surface area (Å²) in [5.41, 5.74) is 6.08. The summed E-state index contributed by atoms with van der Waals surface area (Å²) in [6.07, 6.45) is 11.2. The van der Waals surface area contributed by atoms with Gasteiger partial charge in [-0.25, -0.2) is 14.4 Å². The Morgan fingerprint density at radius 3 is 2.83 bits per heavy atom. The van der Waals surface area contributed by atoms with Crippen LogP contribution in [0, 0.1) is 5.82 Å². The topological polar surface area (TPSA) is 141 Å². The molecule has 6 aromatic rings. The largest absolute Gasteiger partial charge is 0.492 e. The van der Waals surface area contributed by atoms with Crippen LogP contribution in [0.5, 0.6) is 5.75 Å². The second kappa shape index (κ2) is 13.2. The number of aliphatic hydroxyl groups excluding tert-OH is 1. The third-order valence-corrected chi connectivity index (χ3v) is 8.31. The summed E-state index contributed by atoms with van der Waals surface area (Å²) in [5, 5.41) is 21.8. The van der Waals surface area contributed by atoms with Crippen LogP contribution in [0.4, 0.5) is 10.1 Å². The van der Waals surface area contributed by atoms with Crippen molar-refractivity contribution in [1.82, 2.24) is 40.0 Å². The molecule has 11 nitrogen and oxygen atoms in total. The standard InChI is InChI=1S/C34H36FN9O2/c1-2-3-6-30(45)39-24-14-22(18-36-19-24)28-17-27-29(20-38-28)42-43-32(27)34-40-31-26(7-8-37-33(31)41-34)21-13-23(35)16-25(15-21)46-12-11-44-9-4-5-10-44/h7-8,13-20,30,39,45H,2-6,9-12H2,1H3,(H,42,43)(H,37,40,41). The molecule has 0 bridgehead atoms. The van der Waals surface area contributed by atoms with Gasteiger partial charge in [0.15, 0.2) is 11.5 Å². The number of anilines is 1. The predicted molar refractivity (Wildman–Crippen MR) is 176 cm³/mol. The number of halogens is 1. The van der Waals surface area contributed by atoms with E-state index in [0.717, 1.165) is 54.5 Å². The minimum atomic E-state index is -0.647. The third kappa shape index (κ3) is 6.40. The Bertz CT molecular complexity index is 1970. The van der Waals surface area contributed by atoms with E-state index in [9.17, 15) is 9.50 Å². The Labute approximate surface area is 265 Å². The molecule has 6 heterocycles. The SMILES string of the molecule is CCCCC(O)Nc1cncc(-c2cc3c(-c4nc5c(-c6cc(F)cc(OCCN7CCCC7)c6)ccnc5[nH]4)n[nH]c3cn2)c1. The molecule has 1 saturated heterocycles. The highest BCUT2D eigenvalue weighted by atomic mass is 19.1. The number of pyridine rings is 3. The number of hydrogen-bond acceptors (Lipinski definition) is 9. The van der Waals surface area contributed by atoms with Gasteiger partial charge in [0.05, 0.1) is 29.3 Å². The van der Waals surface area contributed by atoms with Crippen molar-refractivity contribution in [3.05, 3.63) is 67.0 Å². The van der Waals surface area contributed by atoms with Crippen molar-refractivity contribution in [2.75, 3.05) is 31.6 Å². The van der Waals surface area contributed by atoms with E-state index < -0.39 is 6.23 Å². The van der Waals surface area contributed by atoms with Gasteiger partial charge in [0.1, 0.15) is 35.6 Å².